The molecule has 1 aromatic heterocycles. The lowest BCUT2D eigenvalue weighted by molar-refractivity contribution is 0.102. The summed E-state index contributed by atoms with van der Waals surface area (Å²) in [4.78, 5) is 16.2. The van der Waals surface area contributed by atoms with Gasteiger partial charge in [0.05, 0.1) is 23.1 Å². The van der Waals surface area contributed by atoms with Gasteiger partial charge in [-0.05, 0) is 37.6 Å². The first-order valence-corrected chi connectivity index (χ1v) is 6.15. The zero-order chi connectivity index (χ0) is 14.0. The molecule has 0 unspecified atom stereocenters. The number of pyridine rings is 1. The molecule has 0 saturated heterocycles. The van der Waals surface area contributed by atoms with E-state index in [1.54, 1.807) is 25.1 Å². The molecule has 1 heterocycles. The molecule has 0 atom stereocenters. The van der Waals surface area contributed by atoms with Gasteiger partial charge >= 0.3 is 0 Å². The Morgan fingerprint density at radius 2 is 2.05 bits per heavy atom. The molecule has 0 fully saturated rings. The molecule has 0 saturated carbocycles. The van der Waals surface area contributed by atoms with Crippen LogP contribution in [0.2, 0.25) is 5.02 Å². The minimum Gasteiger partial charge on any atom is -0.397 e. The lowest BCUT2D eigenvalue weighted by Crippen LogP contribution is -2.14. The highest BCUT2D eigenvalue weighted by Gasteiger charge is 2.11. The molecule has 0 aliphatic rings. The van der Waals surface area contributed by atoms with Crippen molar-refractivity contribution in [2.45, 2.75) is 13.8 Å². The maximum Gasteiger partial charge on any atom is 0.257 e. The van der Waals surface area contributed by atoms with E-state index in [0.29, 0.717) is 27.7 Å². The number of amides is 1. The third-order valence-electron chi connectivity index (χ3n) is 2.78. The van der Waals surface area contributed by atoms with Crippen molar-refractivity contribution in [2.24, 2.45) is 0 Å². The van der Waals surface area contributed by atoms with Gasteiger partial charge in [-0.2, -0.15) is 0 Å². The number of rotatable bonds is 2. The Bertz CT molecular complexity index is 641. The van der Waals surface area contributed by atoms with Gasteiger partial charge in [-0.3, -0.25) is 9.78 Å². The van der Waals surface area contributed by atoms with E-state index in [2.05, 4.69) is 10.3 Å². The molecule has 0 aliphatic heterocycles. The number of aryl methyl sites for hydroxylation is 2. The molecule has 0 radical (unpaired) electrons. The fourth-order valence-electron chi connectivity index (χ4n) is 1.65. The van der Waals surface area contributed by atoms with Gasteiger partial charge in [-0.1, -0.05) is 17.7 Å². The molecular formula is C14H14ClN3O. The first-order chi connectivity index (χ1) is 8.97. The average Bonchev–Trinajstić information content (AvgIpc) is 2.36. The van der Waals surface area contributed by atoms with Crippen molar-refractivity contribution in [3.05, 3.63) is 52.3 Å². The van der Waals surface area contributed by atoms with Crippen LogP contribution in [0.25, 0.3) is 0 Å². The quantitative estimate of drug-likeness (QED) is 0.884. The summed E-state index contributed by atoms with van der Waals surface area (Å²) in [6, 6.07) is 6.97. The van der Waals surface area contributed by atoms with E-state index >= 15 is 0 Å². The van der Waals surface area contributed by atoms with Gasteiger partial charge in [-0.25, -0.2) is 0 Å². The van der Waals surface area contributed by atoms with Crippen molar-refractivity contribution in [1.29, 1.82) is 0 Å². The van der Waals surface area contributed by atoms with Crippen LogP contribution < -0.4 is 11.1 Å². The van der Waals surface area contributed by atoms with Crippen LogP contribution in [0.1, 0.15) is 21.6 Å². The Morgan fingerprint density at radius 1 is 1.32 bits per heavy atom. The number of carbonyl (C=O) groups excluding carboxylic acids is 1. The predicted molar refractivity (Wildman–Crippen MR) is 77.5 cm³/mol. The molecule has 5 heteroatoms. The molecule has 1 aromatic carbocycles. The molecular weight excluding hydrogens is 262 g/mol. The number of nitrogen functional groups attached to an aromatic ring is 1. The summed E-state index contributed by atoms with van der Waals surface area (Å²) in [5.74, 6) is -0.253. The minimum atomic E-state index is -0.253. The largest absolute Gasteiger partial charge is 0.397 e. The number of anilines is 2. The summed E-state index contributed by atoms with van der Waals surface area (Å²) in [7, 11) is 0. The van der Waals surface area contributed by atoms with Crippen molar-refractivity contribution in [3.63, 3.8) is 0 Å². The fourth-order valence-corrected chi connectivity index (χ4v) is 1.83. The van der Waals surface area contributed by atoms with Crippen LogP contribution in [0.5, 0.6) is 0 Å². The number of benzene rings is 1. The van der Waals surface area contributed by atoms with E-state index in [1.165, 1.54) is 6.20 Å². The van der Waals surface area contributed by atoms with Gasteiger partial charge in [-0.15, -0.1) is 0 Å². The summed E-state index contributed by atoms with van der Waals surface area (Å²) in [5.41, 5.74) is 8.78. The Hall–Kier alpha value is -2.07. The summed E-state index contributed by atoms with van der Waals surface area (Å²) in [5, 5.41) is 3.39. The molecule has 19 heavy (non-hydrogen) atoms. The number of nitrogens with two attached hydrogens (primary N) is 1. The van der Waals surface area contributed by atoms with E-state index in [9.17, 15) is 4.79 Å². The van der Waals surface area contributed by atoms with Gasteiger partial charge in [0, 0.05) is 10.7 Å². The molecule has 0 spiro atoms. The first-order valence-electron chi connectivity index (χ1n) is 5.77. The maximum atomic E-state index is 12.1. The molecule has 0 aliphatic carbocycles. The summed E-state index contributed by atoms with van der Waals surface area (Å²) >= 11 is 6.02. The van der Waals surface area contributed by atoms with Crippen molar-refractivity contribution >= 4 is 28.9 Å². The van der Waals surface area contributed by atoms with Crippen molar-refractivity contribution in [2.75, 3.05) is 11.1 Å². The Labute approximate surface area is 116 Å². The molecule has 1 amide bonds. The lowest BCUT2D eigenvalue weighted by atomic mass is 10.1. The molecule has 0 bridgehead atoms. The summed E-state index contributed by atoms with van der Waals surface area (Å²) in [6.45, 7) is 3.66. The number of hydrogen-bond acceptors (Lipinski definition) is 3. The standard InChI is InChI=1S/C14H14ClN3O/c1-8-3-4-11(6-13(8)15)18-14(19)12-5-10(16)7-17-9(12)2/h3-7H,16H2,1-2H3,(H,18,19). The van der Waals surface area contributed by atoms with E-state index < -0.39 is 0 Å². The lowest BCUT2D eigenvalue weighted by Gasteiger charge is -2.09. The number of halogens is 1. The average molecular weight is 276 g/mol. The van der Waals surface area contributed by atoms with E-state index in [-0.39, 0.29) is 5.91 Å². The minimum absolute atomic E-state index is 0.253. The molecule has 98 valence electrons. The van der Waals surface area contributed by atoms with Gasteiger partial charge in [0.15, 0.2) is 0 Å². The Kier molecular flexibility index (Phi) is 3.71. The smallest absolute Gasteiger partial charge is 0.257 e. The van der Waals surface area contributed by atoms with Crippen LogP contribution in [0.15, 0.2) is 30.5 Å². The topological polar surface area (TPSA) is 68.0 Å². The van der Waals surface area contributed by atoms with Crippen molar-refractivity contribution in [3.8, 4) is 0 Å². The van der Waals surface area contributed by atoms with Crippen LogP contribution in [0, 0.1) is 13.8 Å². The second-order valence-corrected chi connectivity index (χ2v) is 4.73. The second kappa shape index (κ2) is 5.28. The number of hydrogen-bond donors (Lipinski definition) is 2. The van der Waals surface area contributed by atoms with Gasteiger partial charge in [0.2, 0.25) is 0 Å². The highest BCUT2D eigenvalue weighted by Crippen LogP contribution is 2.21. The summed E-state index contributed by atoms with van der Waals surface area (Å²) < 4.78 is 0. The zero-order valence-electron chi connectivity index (χ0n) is 10.7. The number of aromatic nitrogens is 1. The van der Waals surface area contributed by atoms with Crippen LogP contribution in [-0.4, -0.2) is 10.9 Å². The normalized spacial score (nSPS) is 10.3. The Morgan fingerprint density at radius 3 is 2.74 bits per heavy atom. The van der Waals surface area contributed by atoms with Gasteiger partial charge in [0.1, 0.15) is 0 Å². The third-order valence-corrected chi connectivity index (χ3v) is 3.19. The molecule has 4 nitrogen and oxygen atoms in total. The van der Waals surface area contributed by atoms with Crippen molar-refractivity contribution in [1.82, 2.24) is 4.98 Å². The molecule has 3 N–H and O–H groups in total. The monoisotopic (exact) mass is 275 g/mol. The predicted octanol–water partition coefficient (Wildman–Crippen LogP) is 3.19. The van der Waals surface area contributed by atoms with Crippen molar-refractivity contribution < 1.29 is 4.79 Å². The number of nitrogens with one attached hydrogen (secondary N) is 1. The van der Waals surface area contributed by atoms with Crippen LogP contribution in [0.3, 0.4) is 0 Å². The second-order valence-electron chi connectivity index (χ2n) is 4.32. The summed E-state index contributed by atoms with van der Waals surface area (Å²) in [6.07, 6.45) is 1.52. The molecule has 2 rings (SSSR count). The third kappa shape index (κ3) is 3.03. The maximum absolute atomic E-state index is 12.1. The van der Waals surface area contributed by atoms with E-state index in [1.807, 2.05) is 13.0 Å². The van der Waals surface area contributed by atoms with E-state index in [0.717, 1.165) is 5.56 Å². The Balaban J connectivity index is 2.25. The SMILES string of the molecule is Cc1ccc(NC(=O)c2cc(N)cnc2C)cc1Cl. The number of nitrogens with zero attached hydrogens (tertiary/aromatic N) is 1. The number of carbonyl (C=O) groups is 1. The highest BCUT2D eigenvalue weighted by molar-refractivity contribution is 6.31. The van der Waals surface area contributed by atoms with Crippen LogP contribution >= 0.6 is 11.6 Å². The van der Waals surface area contributed by atoms with Gasteiger partial charge in [0.25, 0.3) is 5.91 Å². The van der Waals surface area contributed by atoms with Crippen LogP contribution in [0.4, 0.5) is 11.4 Å². The fraction of sp³-hybridized carbons (Fsp3) is 0.143. The highest BCUT2D eigenvalue weighted by atomic mass is 35.5. The van der Waals surface area contributed by atoms with E-state index in [4.69, 9.17) is 17.3 Å². The van der Waals surface area contributed by atoms with Crippen LogP contribution in [-0.2, 0) is 0 Å². The molecule has 2 aromatic rings. The zero-order valence-corrected chi connectivity index (χ0v) is 11.5. The van der Waals surface area contributed by atoms with Gasteiger partial charge < -0.3 is 11.1 Å². The first kappa shape index (κ1) is 13.4.